The smallest absolute Gasteiger partial charge is 0.255 e. The summed E-state index contributed by atoms with van der Waals surface area (Å²) in [6.45, 7) is 4.74. The molecule has 18 heavy (non-hydrogen) atoms. The number of hydrogen-bond donors (Lipinski definition) is 2. The molecule has 0 bridgehead atoms. The van der Waals surface area contributed by atoms with Gasteiger partial charge in [0.05, 0.1) is 12.7 Å². The molecule has 4 heteroatoms. The fourth-order valence-corrected chi connectivity index (χ4v) is 2.22. The molecule has 1 heterocycles. The fourth-order valence-electron chi connectivity index (χ4n) is 2.22. The van der Waals surface area contributed by atoms with E-state index < -0.39 is 0 Å². The fraction of sp³-hybridized carbons (Fsp3) is 0.500. The lowest BCUT2D eigenvalue weighted by Gasteiger charge is -2.12. The van der Waals surface area contributed by atoms with E-state index in [-0.39, 0.29) is 5.91 Å². The SMILES string of the molecule is COc1ccc(C)cc1C(=O)NCC1CCNC1. The molecular weight excluding hydrogens is 228 g/mol. The van der Waals surface area contributed by atoms with Crippen molar-refractivity contribution in [2.24, 2.45) is 5.92 Å². The predicted molar refractivity (Wildman–Crippen MR) is 71.0 cm³/mol. The Morgan fingerprint density at radius 2 is 2.39 bits per heavy atom. The third kappa shape index (κ3) is 3.01. The Bertz CT molecular complexity index is 426. The van der Waals surface area contributed by atoms with E-state index in [0.717, 1.165) is 31.6 Å². The van der Waals surface area contributed by atoms with E-state index >= 15 is 0 Å². The van der Waals surface area contributed by atoms with Crippen molar-refractivity contribution >= 4 is 5.91 Å². The van der Waals surface area contributed by atoms with Gasteiger partial charge in [-0.05, 0) is 44.5 Å². The topological polar surface area (TPSA) is 50.4 Å². The second kappa shape index (κ2) is 5.87. The molecule has 1 saturated heterocycles. The number of carbonyl (C=O) groups is 1. The van der Waals surface area contributed by atoms with Gasteiger partial charge in [0.15, 0.2) is 0 Å². The van der Waals surface area contributed by atoms with Crippen molar-refractivity contribution in [2.75, 3.05) is 26.7 Å². The molecule has 1 aromatic carbocycles. The van der Waals surface area contributed by atoms with Gasteiger partial charge in [0.1, 0.15) is 5.75 Å². The third-order valence-electron chi connectivity index (χ3n) is 3.31. The zero-order valence-electron chi connectivity index (χ0n) is 11.0. The van der Waals surface area contributed by atoms with Gasteiger partial charge in [-0.2, -0.15) is 0 Å². The Morgan fingerprint density at radius 1 is 1.56 bits per heavy atom. The van der Waals surface area contributed by atoms with Crippen LogP contribution in [0.15, 0.2) is 18.2 Å². The molecule has 0 aromatic heterocycles. The van der Waals surface area contributed by atoms with Gasteiger partial charge < -0.3 is 15.4 Å². The zero-order chi connectivity index (χ0) is 13.0. The van der Waals surface area contributed by atoms with E-state index in [2.05, 4.69) is 10.6 Å². The maximum atomic E-state index is 12.1. The largest absolute Gasteiger partial charge is 0.496 e. The molecule has 1 atom stereocenters. The van der Waals surface area contributed by atoms with Gasteiger partial charge in [0, 0.05) is 6.54 Å². The molecule has 1 amide bonds. The summed E-state index contributed by atoms with van der Waals surface area (Å²) in [5, 5.41) is 6.28. The molecule has 0 radical (unpaired) electrons. The second-order valence-electron chi connectivity index (χ2n) is 4.77. The van der Waals surface area contributed by atoms with Gasteiger partial charge in [-0.15, -0.1) is 0 Å². The summed E-state index contributed by atoms with van der Waals surface area (Å²) in [6, 6.07) is 5.64. The quantitative estimate of drug-likeness (QED) is 0.845. The van der Waals surface area contributed by atoms with Gasteiger partial charge in [-0.25, -0.2) is 0 Å². The van der Waals surface area contributed by atoms with Crippen LogP contribution in [-0.2, 0) is 0 Å². The molecule has 4 nitrogen and oxygen atoms in total. The van der Waals surface area contributed by atoms with Crippen molar-refractivity contribution in [3.05, 3.63) is 29.3 Å². The molecule has 98 valence electrons. The van der Waals surface area contributed by atoms with Crippen molar-refractivity contribution in [1.29, 1.82) is 0 Å². The average molecular weight is 248 g/mol. The first kappa shape index (κ1) is 12.9. The molecule has 2 rings (SSSR count). The van der Waals surface area contributed by atoms with Crippen LogP contribution in [0.25, 0.3) is 0 Å². The van der Waals surface area contributed by atoms with Crippen molar-refractivity contribution in [2.45, 2.75) is 13.3 Å². The summed E-state index contributed by atoms with van der Waals surface area (Å²) in [6.07, 6.45) is 1.13. The van der Waals surface area contributed by atoms with Crippen LogP contribution in [0.4, 0.5) is 0 Å². The number of benzene rings is 1. The molecule has 1 fully saturated rings. The first-order valence-electron chi connectivity index (χ1n) is 6.34. The summed E-state index contributed by atoms with van der Waals surface area (Å²) < 4.78 is 5.22. The monoisotopic (exact) mass is 248 g/mol. The van der Waals surface area contributed by atoms with Crippen LogP contribution in [0.2, 0.25) is 0 Å². The van der Waals surface area contributed by atoms with Crippen LogP contribution >= 0.6 is 0 Å². The van der Waals surface area contributed by atoms with Gasteiger partial charge in [-0.3, -0.25) is 4.79 Å². The van der Waals surface area contributed by atoms with E-state index in [1.807, 2.05) is 25.1 Å². The lowest BCUT2D eigenvalue weighted by molar-refractivity contribution is 0.0945. The lowest BCUT2D eigenvalue weighted by Crippen LogP contribution is -2.30. The maximum Gasteiger partial charge on any atom is 0.255 e. The lowest BCUT2D eigenvalue weighted by atomic mass is 10.1. The molecule has 0 aliphatic carbocycles. The van der Waals surface area contributed by atoms with Crippen LogP contribution in [-0.4, -0.2) is 32.7 Å². The van der Waals surface area contributed by atoms with Gasteiger partial charge in [-0.1, -0.05) is 11.6 Å². The van der Waals surface area contributed by atoms with Crippen LogP contribution in [0, 0.1) is 12.8 Å². The van der Waals surface area contributed by atoms with Gasteiger partial charge in [0.25, 0.3) is 5.91 Å². The Kier molecular flexibility index (Phi) is 4.20. The molecule has 1 aliphatic rings. The third-order valence-corrected chi connectivity index (χ3v) is 3.31. The highest BCUT2D eigenvalue weighted by atomic mass is 16.5. The van der Waals surface area contributed by atoms with Crippen LogP contribution in [0.5, 0.6) is 5.75 Å². The number of ether oxygens (including phenoxy) is 1. The number of rotatable bonds is 4. The number of aryl methyl sites for hydroxylation is 1. The summed E-state index contributed by atoms with van der Waals surface area (Å²) in [5.41, 5.74) is 1.67. The normalized spacial score (nSPS) is 18.7. The van der Waals surface area contributed by atoms with Crippen molar-refractivity contribution in [3.8, 4) is 5.75 Å². The molecule has 0 spiro atoms. The first-order chi connectivity index (χ1) is 8.70. The summed E-state index contributed by atoms with van der Waals surface area (Å²) in [5.74, 6) is 1.12. The summed E-state index contributed by atoms with van der Waals surface area (Å²) in [4.78, 5) is 12.1. The van der Waals surface area contributed by atoms with E-state index in [0.29, 0.717) is 17.2 Å². The zero-order valence-corrected chi connectivity index (χ0v) is 11.0. The van der Waals surface area contributed by atoms with Crippen LogP contribution in [0.1, 0.15) is 22.3 Å². The molecule has 1 aliphatic heterocycles. The number of carbonyl (C=O) groups excluding carboxylic acids is 1. The van der Waals surface area contributed by atoms with Gasteiger partial charge in [0.2, 0.25) is 0 Å². The maximum absolute atomic E-state index is 12.1. The van der Waals surface area contributed by atoms with Crippen molar-refractivity contribution < 1.29 is 9.53 Å². The minimum atomic E-state index is -0.0533. The highest BCUT2D eigenvalue weighted by Gasteiger charge is 2.17. The van der Waals surface area contributed by atoms with E-state index in [9.17, 15) is 4.79 Å². The summed E-state index contributed by atoms with van der Waals surface area (Å²) in [7, 11) is 1.59. The molecular formula is C14H20N2O2. The van der Waals surface area contributed by atoms with Gasteiger partial charge >= 0.3 is 0 Å². The predicted octanol–water partition coefficient (Wildman–Crippen LogP) is 1.34. The molecule has 0 saturated carbocycles. The standard InChI is InChI=1S/C14H20N2O2/c1-10-3-4-13(18-2)12(7-10)14(17)16-9-11-5-6-15-8-11/h3-4,7,11,15H,5-6,8-9H2,1-2H3,(H,16,17). The Hall–Kier alpha value is -1.55. The Labute approximate surface area is 108 Å². The van der Waals surface area contributed by atoms with Crippen molar-refractivity contribution in [3.63, 3.8) is 0 Å². The van der Waals surface area contributed by atoms with E-state index in [1.165, 1.54) is 0 Å². The number of amides is 1. The highest BCUT2D eigenvalue weighted by molar-refractivity contribution is 5.97. The number of methoxy groups -OCH3 is 1. The van der Waals surface area contributed by atoms with Crippen LogP contribution < -0.4 is 15.4 Å². The Balaban J connectivity index is 2.00. The Morgan fingerprint density at radius 3 is 3.06 bits per heavy atom. The van der Waals surface area contributed by atoms with E-state index in [1.54, 1.807) is 7.11 Å². The first-order valence-corrected chi connectivity index (χ1v) is 6.34. The summed E-state index contributed by atoms with van der Waals surface area (Å²) >= 11 is 0. The minimum Gasteiger partial charge on any atom is -0.496 e. The van der Waals surface area contributed by atoms with Crippen molar-refractivity contribution in [1.82, 2.24) is 10.6 Å². The average Bonchev–Trinajstić information content (AvgIpc) is 2.89. The number of hydrogen-bond acceptors (Lipinski definition) is 3. The number of nitrogens with one attached hydrogen (secondary N) is 2. The molecule has 2 N–H and O–H groups in total. The molecule has 1 unspecified atom stereocenters. The molecule has 1 aromatic rings. The van der Waals surface area contributed by atoms with E-state index in [4.69, 9.17) is 4.74 Å². The highest BCUT2D eigenvalue weighted by Crippen LogP contribution is 2.19. The minimum absolute atomic E-state index is 0.0533. The second-order valence-corrected chi connectivity index (χ2v) is 4.77. The van der Waals surface area contributed by atoms with Crippen LogP contribution in [0.3, 0.4) is 0 Å².